The average molecular weight is 657 g/mol. The Hall–Kier alpha value is -3.17. The molecule has 0 spiro atoms. The topological polar surface area (TPSA) is 73.7 Å². The van der Waals surface area contributed by atoms with E-state index in [1.54, 1.807) is 48.0 Å². The molecule has 3 aromatic carbocycles. The predicted octanol–water partition coefficient (Wildman–Crippen LogP) is 7.32. The SMILES string of the molecule is CCCCCN(C(=O)c1cccc(Br)c1)C(C)c1nc2ccccc2c(=O)n1-c1cc(OC)cc(OC)c1Br. The zero-order valence-corrected chi connectivity index (χ0v) is 25.6. The molecule has 0 aliphatic heterocycles. The van der Waals surface area contributed by atoms with E-state index >= 15 is 0 Å². The van der Waals surface area contributed by atoms with E-state index < -0.39 is 6.04 Å². The highest BCUT2D eigenvalue weighted by Gasteiger charge is 2.29. The van der Waals surface area contributed by atoms with Crippen molar-refractivity contribution in [1.82, 2.24) is 14.5 Å². The molecule has 0 fully saturated rings. The number of amides is 1. The third-order valence-electron chi connectivity index (χ3n) is 6.67. The zero-order valence-electron chi connectivity index (χ0n) is 22.4. The minimum atomic E-state index is -0.533. The van der Waals surface area contributed by atoms with Crippen LogP contribution < -0.4 is 15.0 Å². The molecule has 1 unspecified atom stereocenters. The van der Waals surface area contributed by atoms with Crippen molar-refractivity contribution in [1.29, 1.82) is 0 Å². The molecule has 0 saturated heterocycles. The Morgan fingerprint density at radius 3 is 2.49 bits per heavy atom. The quantitative estimate of drug-likeness (QED) is 0.167. The van der Waals surface area contributed by atoms with Gasteiger partial charge in [0.1, 0.15) is 17.3 Å². The number of benzene rings is 3. The predicted molar refractivity (Wildman–Crippen MR) is 161 cm³/mol. The number of ether oxygens (including phenoxy) is 2. The van der Waals surface area contributed by atoms with Gasteiger partial charge in [-0.15, -0.1) is 0 Å². The van der Waals surface area contributed by atoms with Gasteiger partial charge in [0.2, 0.25) is 0 Å². The van der Waals surface area contributed by atoms with Gasteiger partial charge in [0.25, 0.3) is 11.5 Å². The van der Waals surface area contributed by atoms with Gasteiger partial charge in [0.15, 0.2) is 0 Å². The van der Waals surface area contributed by atoms with Crippen molar-refractivity contribution in [2.24, 2.45) is 0 Å². The van der Waals surface area contributed by atoms with Gasteiger partial charge in [0.05, 0.1) is 41.3 Å². The van der Waals surface area contributed by atoms with Gasteiger partial charge < -0.3 is 14.4 Å². The molecule has 1 heterocycles. The summed E-state index contributed by atoms with van der Waals surface area (Å²) in [4.78, 5) is 34.8. The lowest BCUT2D eigenvalue weighted by Crippen LogP contribution is -2.38. The molecular weight excluding hydrogens is 626 g/mol. The molecule has 1 atom stereocenters. The zero-order chi connectivity index (χ0) is 28.1. The molecule has 0 aliphatic carbocycles. The Kier molecular flexibility index (Phi) is 9.45. The van der Waals surface area contributed by atoms with E-state index in [4.69, 9.17) is 14.5 Å². The van der Waals surface area contributed by atoms with Gasteiger partial charge in [-0.05, 0) is 59.6 Å². The van der Waals surface area contributed by atoms with Gasteiger partial charge in [-0.2, -0.15) is 0 Å². The minimum absolute atomic E-state index is 0.129. The fraction of sp³-hybridized carbons (Fsp3) is 0.300. The molecular formula is C30H31Br2N3O4. The van der Waals surface area contributed by atoms with Crippen LogP contribution in [0.2, 0.25) is 0 Å². The van der Waals surface area contributed by atoms with Crippen molar-refractivity contribution in [3.63, 3.8) is 0 Å². The second kappa shape index (κ2) is 12.8. The van der Waals surface area contributed by atoms with Crippen molar-refractivity contribution in [2.75, 3.05) is 20.8 Å². The molecule has 4 rings (SSSR count). The van der Waals surface area contributed by atoms with E-state index in [9.17, 15) is 9.59 Å². The fourth-order valence-electron chi connectivity index (χ4n) is 4.58. The number of hydrogen-bond acceptors (Lipinski definition) is 5. The summed E-state index contributed by atoms with van der Waals surface area (Å²) >= 11 is 7.11. The molecule has 0 radical (unpaired) electrons. The van der Waals surface area contributed by atoms with Gasteiger partial charge in [-0.1, -0.05) is 53.9 Å². The number of rotatable bonds is 10. The Labute approximate surface area is 245 Å². The Balaban J connectivity index is 1.97. The minimum Gasteiger partial charge on any atom is -0.497 e. The van der Waals surface area contributed by atoms with Crippen LogP contribution in [0.4, 0.5) is 0 Å². The molecule has 0 saturated carbocycles. The number of nitrogens with zero attached hydrogens (tertiary/aromatic N) is 3. The van der Waals surface area contributed by atoms with E-state index in [2.05, 4.69) is 38.8 Å². The molecule has 0 bridgehead atoms. The van der Waals surface area contributed by atoms with Gasteiger partial charge in [-0.3, -0.25) is 14.2 Å². The van der Waals surface area contributed by atoms with E-state index in [1.165, 1.54) is 0 Å². The van der Waals surface area contributed by atoms with Crippen molar-refractivity contribution in [2.45, 2.75) is 39.2 Å². The van der Waals surface area contributed by atoms with Crippen molar-refractivity contribution in [3.05, 3.63) is 91.4 Å². The summed E-state index contributed by atoms with van der Waals surface area (Å²) in [6.45, 7) is 4.56. The van der Waals surface area contributed by atoms with Crippen LogP contribution in [0, 0.1) is 0 Å². The summed E-state index contributed by atoms with van der Waals surface area (Å²) in [5.41, 5.74) is 1.39. The second-order valence-electron chi connectivity index (χ2n) is 9.18. The van der Waals surface area contributed by atoms with Crippen LogP contribution in [0.1, 0.15) is 55.3 Å². The van der Waals surface area contributed by atoms with Crippen LogP contribution in [0.25, 0.3) is 16.6 Å². The maximum atomic E-state index is 14.1. The second-order valence-corrected chi connectivity index (χ2v) is 10.9. The summed E-state index contributed by atoms with van der Waals surface area (Å²) in [6, 6.07) is 17.6. The van der Waals surface area contributed by atoms with Crippen LogP contribution in [-0.4, -0.2) is 41.1 Å². The summed E-state index contributed by atoms with van der Waals surface area (Å²) in [5.74, 6) is 1.34. The number of carbonyl (C=O) groups excluding carboxylic acids is 1. The standard InChI is InChI=1S/C30H31Br2N3O4/c1-5-6-9-15-34(29(36)20-11-10-12-21(31)16-20)19(2)28-33-24-14-8-7-13-23(24)30(37)35(28)25-17-22(38-3)18-26(39-4)27(25)32/h7-8,10-14,16-19H,5-6,9,15H2,1-4H3. The largest absolute Gasteiger partial charge is 0.497 e. The number of hydrogen-bond donors (Lipinski definition) is 0. The van der Waals surface area contributed by atoms with Crippen LogP contribution in [0.15, 0.2) is 74.4 Å². The molecule has 204 valence electrons. The highest BCUT2D eigenvalue weighted by atomic mass is 79.9. The van der Waals surface area contributed by atoms with E-state index in [1.807, 2.05) is 43.3 Å². The van der Waals surface area contributed by atoms with E-state index in [0.717, 1.165) is 23.7 Å². The number of methoxy groups -OCH3 is 2. The first-order chi connectivity index (χ1) is 18.8. The number of unbranched alkanes of at least 4 members (excludes halogenated alkanes) is 2. The molecule has 0 aliphatic rings. The van der Waals surface area contributed by atoms with Crippen molar-refractivity contribution in [3.8, 4) is 17.2 Å². The first kappa shape index (κ1) is 28.8. The average Bonchev–Trinajstić information content (AvgIpc) is 2.95. The highest BCUT2D eigenvalue weighted by Crippen LogP contribution is 2.37. The van der Waals surface area contributed by atoms with Gasteiger partial charge in [0, 0.05) is 28.7 Å². The van der Waals surface area contributed by atoms with Crippen LogP contribution in [0.3, 0.4) is 0 Å². The highest BCUT2D eigenvalue weighted by molar-refractivity contribution is 9.11. The lowest BCUT2D eigenvalue weighted by atomic mass is 10.1. The smallest absolute Gasteiger partial charge is 0.266 e. The summed E-state index contributed by atoms with van der Waals surface area (Å²) < 4.78 is 14.0. The van der Waals surface area contributed by atoms with Crippen molar-refractivity contribution < 1.29 is 14.3 Å². The number of carbonyl (C=O) groups is 1. The molecule has 4 aromatic rings. The third-order valence-corrected chi connectivity index (χ3v) is 7.96. The fourth-order valence-corrected chi connectivity index (χ4v) is 5.55. The maximum absolute atomic E-state index is 14.1. The van der Waals surface area contributed by atoms with Crippen LogP contribution >= 0.6 is 31.9 Å². The van der Waals surface area contributed by atoms with Gasteiger partial charge >= 0.3 is 0 Å². The first-order valence-corrected chi connectivity index (χ1v) is 14.4. The van der Waals surface area contributed by atoms with E-state index in [0.29, 0.717) is 50.5 Å². The Morgan fingerprint density at radius 2 is 1.79 bits per heavy atom. The van der Waals surface area contributed by atoms with Crippen molar-refractivity contribution >= 4 is 48.7 Å². The van der Waals surface area contributed by atoms with Crippen LogP contribution in [0.5, 0.6) is 11.5 Å². The lowest BCUT2D eigenvalue weighted by molar-refractivity contribution is 0.0677. The molecule has 1 aromatic heterocycles. The normalized spacial score (nSPS) is 11.8. The molecule has 39 heavy (non-hydrogen) atoms. The Morgan fingerprint density at radius 1 is 1.03 bits per heavy atom. The summed E-state index contributed by atoms with van der Waals surface area (Å²) in [5, 5.41) is 0.470. The van der Waals surface area contributed by atoms with E-state index in [-0.39, 0.29) is 11.5 Å². The summed E-state index contributed by atoms with van der Waals surface area (Å²) in [7, 11) is 3.12. The molecule has 9 heteroatoms. The Bertz CT molecular complexity index is 1550. The molecule has 7 nitrogen and oxygen atoms in total. The van der Waals surface area contributed by atoms with Gasteiger partial charge in [-0.25, -0.2) is 4.98 Å². The maximum Gasteiger partial charge on any atom is 0.266 e. The van der Waals surface area contributed by atoms with Crippen LogP contribution in [-0.2, 0) is 0 Å². The third kappa shape index (κ3) is 6.04. The monoisotopic (exact) mass is 655 g/mol. The lowest BCUT2D eigenvalue weighted by Gasteiger charge is -2.31. The molecule has 1 amide bonds. The number of aromatic nitrogens is 2. The molecule has 0 N–H and O–H groups in total. The number of halogens is 2. The number of fused-ring (bicyclic) bond motifs is 1. The first-order valence-electron chi connectivity index (χ1n) is 12.8. The number of para-hydroxylation sites is 1. The summed E-state index contributed by atoms with van der Waals surface area (Å²) in [6.07, 6.45) is 2.82.